The monoisotopic (exact) mass is 362 g/mol. The van der Waals surface area contributed by atoms with Crippen molar-refractivity contribution in [1.29, 1.82) is 0 Å². The second-order valence-corrected chi connectivity index (χ2v) is 6.96. The van der Waals surface area contributed by atoms with Crippen molar-refractivity contribution in [2.75, 3.05) is 31.1 Å². The lowest BCUT2D eigenvalue weighted by molar-refractivity contribution is 0.224. The van der Waals surface area contributed by atoms with Gasteiger partial charge in [0.25, 0.3) is 0 Å². The van der Waals surface area contributed by atoms with Gasteiger partial charge in [-0.1, -0.05) is 15.9 Å². The number of hydrogen-bond donors (Lipinski definition) is 0. The van der Waals surface area contributed by atoms with E-state index in [-0.39, 0.29) is 0 Å². The summed E-state index contributed by atoms with van der Waals surface area (Å²) in [4.78, 5) is 4.81. The minimum atomic E-state index is 0.538. The average Bonchev–Trinajstić information content (AvgIpc) is 3.29. The zero-order valence-corrected chi connectivity index (χ0v) is 14.0. The molecule has 0 bridgehead atoms. The molecule has 5 nitrogen and oxygen atoms in total. The first-order valence-corrected chi connectivity index (χ1v) is 8.62. The van der Waals surface area contributed by atoms with Crippen LogP contribution in [0.2, 0.25) is 0 Å². The van der Waals surface area contributed by atoms with E-state index >= 15 is 0 Å². The summed E-state index contributed by atoms with van der Waals surface area (Å²) >= 11 is 3.48. The molecule has 1 aliphatic heterocycles. The zero-order valence-electron chi connectivity index (χ0n) is 12.4. The van der Waals surface area contributed by atoms with Gasteiger partial charge in [-0.15, -0.1) is 10.2 Å². The van der Waals surface area contributed by atoms with E-state index in [1.54, 1.807) is 0 Å². The molecule has 0 N–H and O–H groups in total. The molecule has 1 aromatic heterocycles. The molecule has 0 radical (unpaired) electrons. The molecular formula is C16H19BrN4O. The van der Waals surface area contributed by atoms with Gasteiger partial charge in [0.1, 0.15) is 0 Å². The van der Waals surface area contributed by atoms with Crippen molar-refractivity contribution < 1.29 is 4.42 Å². The van der Waals surface area contributed by atoms with Crippen LogP contribution in [0.15, 0.2) is 33.2 Å². The van der Waals surface area contributed by atoms with Crippen LogP contribution in [-0.2, 0) is 6.54 Å². The molecule has 0 atom stereocenters. The van der Waals surface area contributed by atoms with Gasteiger partial charge in [0.2, 0.25) is 11.8 Å². The third kappa shape index (κ3) is 3.17. The summed E-state index contributed by atoms with van der Waals surface area (Å²) in [5, 5.41) is 8.34. The maximum absolute atomic E-state index is 5.75. The van der Waals surface area contributed by atoms with Crippen molar-refractivity contribution >= 4 is 21.6 Å². The molecule has 22 heavy (non-hydrogen) atoms. The Kier molecular flexibility index (Phi) is 3.88. The highest BCUT2D eigenvalue weighted by Crippen LogP contribution is 2.39. The Labute approximate surface area is 138 Å². The normalized spacial score (nSPS) is 19.6. The first-order valence-electron chi connectivity index (χ1n) is 7.83. The number of nitrogens with zero attached hydrogens (tertiary/aromatic N) is 4. The van der Waals surface area contributed by atoms with E-state index in [0.29, 0.717) is 5.92 Å². The van der Waals surface area contributed by atoms with Crippen LogP contribution in [0.3, 0.4) is 0 Å². The fraction of sp³-hybridized carbons (Fsp3) is 0.500. The van der Waals surface area contributed by atoms with Gasteiger partial charge < -0.3 is 9.32 Å². The van der Waals surface area contributed by atoms with E-state index in [2.05, 4.69) is 60.2 Å². The molecule has 0 spiro atoms. The van der Waals surface area contributed by atoms with E-state index in [9.17, 15) is 0 Å². The highest BCUT2D eigenvalue weighted by atomic mass is 79.9. The molecular weight excluding hydrogens is 344 g/mol. The summed E-state index contributed by atoms with van der Waals surface area (Å²) in [6.07, 6.45) is 2.40. The Morgan fingerprint density at radius 1 is 1.05 bits per heavy atom. The molecule has 1 saturated carbocycles. The molecule has 2 aromatic rings. The third-order valence-corrected chi connectivity index (χ3v) is 4.86. The fourth-order valence-electron chi connectivity index (χ4n) is 2.83. The van der Waals surface area contributed by atoms with Crippen LogP contribution in [0.1, 0.15) is 30.5 Å². The van der Waals surface area contributed by atoms with Gasteiger partial charge in [-0.3, -0.25) is 4.90 Å². The van der Waals surface area contributed by atoms with Crippen molar-refractivity contribution in [3.63, 3.8) is 0 Å². The zero-order chi connectivity index (χ0) is 14.9. The Balaban J connectivity index is 1.32. The van der Waals surface area contributed by atoms with Crippen LogP contribution in [0.4, 0.5) is 5.69 Å². The molecule has 0 unspecified atom stereocenters. The largest absolute Gasteiger partial charge is 0.424 e. The van der Waals surface area contributed by atoms with Crippen LogP contribution >= 0.6 is 15.9 Å². The van der Waals surface area contributed by atoms with E-state index in [1.807, 2.05) is 0 Å². The molecule has 6 heteroatoms. The molecule has 2 heterocycles. The summed E-state index contributed by atoms with van der Waals surface area (Å²) in [5.41, 5.74) is 1.29. The Morgan fingerprint density at radius 3 is 2.45 bits per heavy atom. The molecule has 1 aromatic carbocycles. The number of benzene rings is 1. The molecule has 116 valence electrons. The lowest BCUT2D eigenvalue weighted by atomic mass is 10.2. The second-order valence-electron chi connectivity index (χ2n) is 6.05. The molecule has 4 rings (SSSR count). The van der Waals surface area contributed by atoms with Gasteiger partial charge in [0.05, 0.1) is 6.54 Å². The number of anilines is 1. The molecule has 2 fully saturated rings. The Hall–Kier alpha value is -1.40. The van der Waals surface area contributed by atoms with Crippen LogP contribution in [0.5, 0.6) is 0 Å². The van der Waals surface area contributed by atoms with Gasteiger partial charge in [-0.25, -0.2) is 0 Å². The number of rotatable bonds is 4. The fourth-order valence-corrected chi connectivity index (χ4v) is 3.10. The summed E-state index contributed by atoms with van der Waals surface area (Å²) in [7, 11) is 0. The Bertz CT molecular complexity index is 630. The van der Waals surface area contributed by atoms with Crippen LogP contribution in [-0.4, -0.2) is 41.3 Å². The first-order chi connectivity index (χ1) is 10.8. The maximum Gasteiger partial charge on any atom is 0.230 e. The lowest BCUT2D eigenvalue weighted by Crippen LogP contribution is -2.46. The predicted octanol–water partition coefficient (Wildman–Crippen LogP) is 3.03. The molecule has 1 aliphatic carbocycles. The predicted molar refractivity (Wildman–Crippen MR) is 87.9 cm³/mol. The SMILES string of the molecule is Brc1ccc(N2CCN(Cc3nnc(C4CC4)o3)CC2)cc1. The van der Waals surface area contributed by atoms with E-state index in [0.717, 1.165) is 49.0 Å². The smallest absolute Gasteiger partial charge is 0.230 e. The Morgan fingerprint density at radius 2 is 1.77 bits per heavy atom. The summed E-state index contributed by atoms with van der Waals surface area (Å²) in [5.74, 6) is 2.14. The molecule has 1 saturated heterocycles. The number of aromatic nitrogens is 2. The number of hydrogen-bond acceptors (Lipinski definition) is 5. The van der Waals surface area contributed by atoms with Crippen LogP contribution < -0.4 is 4.90 Å². The summed E-state index contributed by atoms with van der Waals surface area (Å²) in [6.45, 7) is 4.89. The third-order valence-electron chi connectivity index (χ3n) is 4.33. The maximum atomic E-state index is 5.75. The minimum absolute atomic E-state index is 0.538. The van der Waals surface area contributed by atoms with Crippen molar-refractivity contribution in [3.8, 4) is 0 Å². The van der Waals surface area contributed by atoms with Crippen molar-refractivity contribution in [2.45, 2.75) is 25.3 Å². The van der Waals surface area contributed by atoms with Gasteiger partial charge in [0, 0.05) is 42.3 Å². The lowest BCUT2D eigenvalue weighted by Gasteiger charge is -2.35. The standard InChI is InChI=1S/C16H19BrN4O/c17-13-3-5-14(6-4-13)21-9-7-20(8-10-21)11-15-18-19-16(22-15)12-1-2-12/h3-6,12H,1-2,7-11H2. The van der Waals surface area contributed by atoms with Gasteiger partial charge in [0.15, 0.2) is 0 Å². The summed E-state index contributed by atoms with van der Waals surface area (Å²) in [6, 6.07) is 8.53. The topological polar surface area (TPSA) is 45.4 Å². The quantitative estimate of drug-likeness (QED) is 0.836. The number of halogens is 1. The van der Waals surface area contributed by atoms with Crippen molar-refractivity contribution in [2.24, 2.45) is 0 Å². The van der Waals surface area contributed by atoms with E-state index in [1.165, 1.54) is 18.5 Å². The van der Waals surface area contributed by atoms with Crippen LogP contribution in [0.25, 0.3) is 0 Å². The molecule has 0 amide bonds. The van der Waals surface area contributed by atoms with Gasteiger partial charge >= 0.3 is 0 Å². The first kappa shape index (κ1) is 14.2. The highest BCUT2D eigenvalue weighted by Gasteiger charge is 2.29. The average molecular weight is 363 g/mol. The van der Waals surface area contributed by atoms with Crippen molar-refractivity contribution in [3.05, 3.63) is 40.5 Å². The van der Waals surface area contributed by atoms with Crippen LogP contribution in [0, 0.1) is 0 Å². The van der Waals surface area contributed by atoms with E-state index in [4.69, 9.17) is 4.42 Å². The van der Waals surface area contributed by atoms with E-state index < -0.39 is 0 Å². The van der Waals surface area contributed by atoms with Gasteiger partial charge in [-0.2, -0.15) is 0 Å². The highest BCUT2D eigenvalue weighted by molar-refractivity contribution is 9.10. The minimum Gasteiger partial charge on any atom is -0.424 e. The summed E-state index contributed by atoms with van der Waals surface area (Å²) < 4.78 is 6.88. The van der Waals surface area contributed by atoms with Crippen molar-refractivity contribution in [1.82, 2.24) is 15.1 Å². The number of piperazine rings is 1. The second kappa shape index (κ2) is 6.01. The molecule has 2 aliphatic rings. The van der Waals surface area contributed by atoms with Gasteiger partial charge in [-0.05, 0) is 37.1 Å².